The highest BCUT2D eigenvalue weighted by atomic mass is 16.7. The molecule has 1 N–H and O–H groups in total. The van der Waals surface area contributed by atoms with Gasteiger partial charge in [-0.1, -0.05) is 0 Å². The maximum absolute atomic E-state index is 5.81. The quantitative estimate of drug-likeness (QED) is 0.821. The number of fused-ring (bicyclic) bond motifs is 1. The molecule has 2 aliphatic heterocycles. The first kappa shape index (κ1) is 11.8. The van der Waals surface area contributed by atoms with Gasteiger partial charge in [0.25, 0.3) is 0 Å². The van der Waals surface area contributed by atoms with Crippen molar-refractivity contribution in [2.75, 3.05) is 31.1 Å². The molecule has 3 rings (SSSR count). The number of rotatable bonds is 1. The molecule has 0 amide bonds. The van der Waals surface area contributed by atoms with Crippen LogP contribution in [0.5, 0.6) is 5.75 Å². The minimum Gasteiger partial charge on any atom is -0.463 e. The van der Waals surface area contributed by atoms with Crippen molar-refractivity contribution in [2.24, 2.45) is 0 Å². The minimum absolute atomic E-state index is 0.510. The molecule has 98 valence electrons. The Morgan fingerprint density at radius 3 is 2.78 bits per heavy atom. The monoisotopic (exact) mass is 248 g/mol. The van der Waals surface area contributed by atoms with Gasteiger partial charge >= 0.3 is 0 Å². The Morgan fingerprint density at radius 2 is 2.00 bits per heavy atom. The van der Waals surface area contributed by atoms with E-state index in [-0.39, 0.29) is 0 Å². The molecule has 0 bridgehead atoms. The fraction of sp³-hybridized carbons (Fsp3) is 0.571. The minimum atomic E-state index is -0.510. The van der Waals surface area contributed by atoms with E-state index in [1.54, 1.807) is 0 Å². The summed E-state index contributed by atoms with van der Waals surface area (Å²) in [5, 5.41) is 3.37. The Labute approximate surface area is 108 Å². The second-order valence-electron chi connectivity index (χ2n) is 5.32. The second kappa shape index (κ2) is 4.44. The first-order chi connectivity index (χ1) is 8.64. The van der Waals surface area contributed by atoms with Crippen molar-refractivity contribution in [3.05, 3.63) is 23.8 Å². The number of piperazine rings is 1. The highest BCUT2D eigenvalue weighted by Gasteiger charge is 2.27. The molecule has 1 aromatic carbocycles. The van der Waals surface area contributed by atoms with Crippen molar-refractivity contribution >= 4 is 5.69 Å². The van der Waals surface area contributed by atoms with Gasteiger partial charge in [0.15, 0.2) is 0 Å². The summed E-state index contributed by atoms with van der Waals surface area (Å²) in [6, 6.07) is 6.40. The highest BCUT2D eigenvalue weighted by Crippen LogP contribution is 2.33. The van der Waals surface area contributed by atoms with Crippen LogP contribution in [0, 0.1) is 0 Å². The molecule has 0 unspecified atom stereocenters. The first-order valence-electron chi connectivity index (χ1n) is 6.56. The van der Waals surface area contributed by atoms with Crippen molar-refractivity contribution in [1.82, 2.24) is 5.32 Å². The van der Waals surface area contributed by atoms with E-state index in [2.05, 4.69) is 28.4 Å². The van der Waals surface area contributed by atoms with Crippen LogP contribution in [0.25, 0.3) is 0 Å². The van der Waals surface area contributed by atoms with Gasteiger partial charge in [0.1, 0.15) is 5.75 Å². The summed E-state index contributed by atoms with van der Waals surface area (Å²) < 4.78 is 11.5. The van der Waals surface area contributed by atoms with Crippen molar-refractivity contribution < 1.29 is 9.47 Å². The molecule has 4 heteroatoms. The van der Waals surface area contributed by atoms with Gasteiger partial charge in [-0.05, 0) is 18.2 Å². The third-order valence-corrected chi connectivity index (χ3v) is 3.46. The van der Waals surface area contributed by atoms with E-state index < -0.39 is 5.79 Å². The molecule has 1 saturated heterocycles. The molecule has 2 aliphatic rings. The topological polar surface area (TPSA) is 33.7 Å². The van der Waals surface area contributed by atoms with E-state index in [9.17, 15) is 0 Å². The molecule has 0 atom stereocenters. The molecular weight excluding hydrogens is 228 g/mol. The summed E-state index contributed by atoms with van der Waals surface area (Å²) in [5.74, 6) is 0.439. The van der Waals surface area contributed by atoms with Crippen LogP contribution < -0.4 is 15.0 Å². The van der Waals surface area contributed by atoms with Crippen LogP contribution in [-0.4, -0.2) is 32.0 Å². The van der Waals surface area contributed by atoms with Crippen LogP contribution >= 0.6 is 0 Å². The predicted octanol–water partition coefficient (Wildman–Crippen LogP) is 1.74. The zero-order chi connectivity index (χ0) is 12.6. The molecule has 18 heavy (non-hydrogen) atoms. The summed E-state index contributed by atoms with van der Waals surface area (Å²) >= 11 is 0. The lowest BCUT2D eigenvalue weighted by atomic mass is 10.1. The second-order valence-corrected chi connectivity index (χ2v) is 5.32. The first-order valence-corrected chi connectivity index (χ1v) is 6.56. The molecule has 0 radical (unpaired) electrons. The molecule has 1 aromatic rings. The molecule has 2 heterocycles. The van der Waals surface area contributed by atoms with Crippen molar-refractivity contribution in [2.45, 2.75) is 26.2 Å². The van der Waals surface area contributed by atoms with E-state index in [0.717, 1.165) is 37.5 Å². The molecule has 0 spiro atoms. The van der Waals surface area contributed by atoms with Gasteiger partial charge in [0.2, 0.25) is 5.79 Å². The number of hydrogen-bond donors (Lipinski definition) is 1. The van der Waals surface area contributed by atoms with E-state index in [1.165, 1.54) is 5.69 Å². The lowest BCUT2D eigenvalue weighted by molar-refractivity contribution is -0.180. The third kappa shape index (κ3) is 2.31. The Bertz CT molecular complexity index is 439. The number of anilines is 1. The Balaban J connectivity index is 1.83. The van der Waals surface area contributed by atoms with Gasteiger partial charge < -0.3 is 19.7 Å². The fourth-order valence-corrected chi connectivity index (χ4v) is 2.44. The lowest BCUT2D eigenvalue weighted by Crippen LogP contribution is -2.43. The molecule has 1 fully saturated rings. The lowest BCUT2D eigenvalue weighted by Gasteiger charge is -2.34. The molecule has 4 nitrogen and oxygen atoms in total. The zero-order valence-corrected chi connectivity index (χ0v) is 11.0. The smallest absolute Gasteiger partial charge is 0.205 e. The molecular formula is C14H20N2O2. The number of nitrogens with one attached hydrogen (secondary N) is 1. The maximum atomic E-state index is 5.81. The number of ether oxygens (including phenoxy) is 2. The highest BCUT2D eigenvalue weighted by molar-refractivity contribution is 5.53. The number of hydrogen-bond acceptors (Lipinski definition) is 4. The fourth-order valence-electron chi connectivity index (χ4n) is 2.44. The van der Waals surface area contributed by atoms with Gasteiger partial charge in [0.05, 0.1) is 6.61 Å². The molecule has 0 saturated carbocycles. The predicted molar refractivity (Wildman–Crippen MR) is 71.0 cm³/mol. The standard InChI is InChI=1S/C14H20N2O2/c1-14(2)17-10-11-9-12(3-4-13(11)18-14)16-7-5-15-6-8-16/h3-4,9,15H,5-8,10H2,1-2H3. The molecule has 0 aromatic heterocycles. The SMILES string of the molecule is CC1(C)OCc2cc(N3CCNCC3)ccc2O1. The number of benzene rings is 1. The van der Waals surface area contributed by atoms with Crippen LogP contribution in [0.15, 0.2) is 18.2 Å². The van der Waals surface area contributed by atoms with Crippen LogP contribution in [0.2, 0.25) is 0 Å². The summed E-state index contributed by atoms with van der Waals surface area (Å²) in [5.41, 5.74) is 2.41. The summed E-state index contributed by atoms with van der Waals surface area (Å²) in [4.78, 5) is 2.40. The zero-order valence-electron chi connectivity index (χ0n) is 11.0. The van der Waals surface area contributed by atoms with Crippen molar-refractivity contribution in [3.8, 4) is 5.75 Å². The van der Waals surface area contributed by atoms with Crippen LogP contribution in [0.1, 0.15) is 19.4 Å². The van der Waals surface area contributed by atoms with E-state index in [1.807, 2.05) is 13.8 Å². The third-order valence-electron chi connectivity index (χ3n) is 3.46. The van der Waals surface area contributed by atoms with Crippen molar-refractivity contribution in [3.63, 3.8) is 0 Å². The van der Waals surface area contributed by atoms with Gasteiger partial charge in [-0.25, -0.2) is 0 Å². The Kier molecular flexibility index (Phi) is 2.92. The number of nitrogens with zero attached hydrogens (tertiary/aromatic N) is 1. The Morgan fingerprint density at radius 1 is 1.22 bits per heavy atom. The summed E-state index contributed by atoms with van der Waals surface area (Å²) in [6.45, 7) is 8.74. The molecule has 0 aliphatic carbocycles. The average Bonchev–Trinajstić information content (AvgIpc) is 2.38. The van der Waals surface area contributed by atoms with Gasteiger partial charge in [0, 0.05) is 51.3 Å². The Hall–Kier alpha value is -1.26. The van der Waals surface area contributed by atoms with Crippen LogP contribution in [0.3, 0.4) is 0 Å². The van der Waals surface area contributed by atoms with Crippen LogP contribution in [-0.2, 0) is 11.3 Å². The van der Waals surface area contributed by atoms with Gasteiger partial charge in [-0.2, -0.15) is 0 Å². The summed E-state index contributed by atoms with van der Waals surface area (Å²) in [7, 11) is 0. The normalized spacial score (nSPS) is 22.2. The van der Waals surface area contributed by atoms with E-state index in [4.69, 9.17) is 9.47 Å². The van der Waals surface area contributed by atoms with Gasteiger partial charge in [-0.3, -0.25) is 0 Å². The van der Waals surface area contributed by atoms with Gasteiger partial charge in [-0.15, -0.1) is 0 Å². The summed E-state index contributed by atoms with van der Waals surface area (Å²) in [6.07, 6.45) is 0. The van der Waals surface area contributed by atoms with Crippen molar-refractivity contribution in [1.29, 1.82) is 0 Å². The van der Waals surface area contributed by atoms with Crippen LogP contribution in [0.4, 0.5) is 5.69 Å². The largest absolute Gasteiger partial charge is 0.463 e. The average molecular weight is 248 g/mol. The van der Waals surface area contributed by atoms with E-state index in [0.29, 0.717) is 6.61 Å². The maximum Gasteiger partial charge on any atom is 0.205 e. The van der Waals surface area contributed by atoms with E-state index >= 15 is 0 Å².